The van der Waals surface area contributed by atoms with Gasteiger partial charge in [-0.2, -0.15) is 0 Å². The Hall–Kier alpha value is -1.06. The van der Waals surface area contributed by atoms with Gasteiger partial charge in [-0.3, -0.25) is 0 Å². The number of aliphatic hydroxyl groups is 1. The Kier molecular flexibility index (Phi) is 5.06. The molecule has 1 saturated heterocycles. The first-order valence-corrected chi connectivity index (χ1v) is 7.68. The molecular formula is C17H28N2O. The molecule has 0 bridgehead atoms. The van der Waals surface area contributed by atoms with Crippen LogP contribution in [0, 0.1) is 5.92 Å². The second-order valence-electron chi connectivity index (χ2n) is 6.91. The van der Waals surface area contributed by atoms with Gasteiger partial charge in [0.05, 0.1) is 0 Å². The van der Waals surface area contributed by atoms with Gasteiger partial charge in [0.1, 0.15) is 0 Å². The second kappa shape index (κ2) is 6.59. The Morgan fingerprint density at radius 2 is 1.95 bits per heavy atom. The number of anilines is 1. The van der Waals surface area contributed by atoms with Crippen molar-refractivity contribution < 1.29 is 5.11 Å². The fourth-order valence-electron chi connectivity index (χ4n) is 2.64. The summed E-state index contributed by atoms with van der Waals surface area (Å²) in [5, 5.41) is 12.8. The number of hydrogen-bond donors (Lipinski definition) is 2. The van der Waals surface area contributed by atoms with E-state index in [1.54, 1.807) is 0 Å². The van der Waals surface area contributed by atoms with Gasteiger partial charge in [0, 0.05) is 37.5 Å². The number of nitrogens with one attached hydrogen (secondary N) is 1. The van der Waals surface area contributed by atoms with Gasteiger partial charge in [-0.1, -0.05) is 12.1 Å². The van der Waals surface area contributed by atoms with E-state index >= 15 is 0 Å². The van der Waals surface area contributed by atoms with Crippen molar-refractivity contribution in [2.45, 2.75) is 45.7 Å². The molecule has 1 aliphatic rings. The number of hydrogen-bond acceptors (Lipinski definition) is 3. The SMILES string of the molecule is CC(C)(C)NCc1ccc(N2CCCC(CO)C2)cc1. The van der Waals surface area contributed by atoms with Crippen LogP contribution in [0.2, 0.25) is 0 Å². The van der Waals surface area contributed by atoms with Gasteiger partial charge in [0.25, 0.3) is 0 Å². The predicted octanol–water partition coefficient (Wildman–Crippen LogP) is 2.78. The van der Waals surface area contributed by atoms with Crippen molar-refractivity contribution in [2.24, 2.45) is 5.92 Å². The third kappa shape index (κ3) is 4.50. The van der Waals surface area contributed by atoms with E-state index in [0.717, 1.165) is 26.1 Å². The summed E-state index contributed by atoms with van der Waals surface area (Å²) < 4.78 is 0. The first kappa shape index (κ1) is 15.3. The average Bonchev–Trinajstić information content (AvgIpc) is 2.45. The van der Waals surface area contributed by atoms with Crippen LogP contribution in [0.4, 0.5) is 5.69 Å². The van der Waals surface area contributed by atoms with E-state index in [1.807, 2.05) is 0 Å². The number of nitrogens with zero attached hydrogens (tertiary/aromatic N) is 1. The summed E-state index contributed by atoms with van der Waals surface area (Å²) in [5.74, 6) is 0.436. The van der Waals surface area contributed by atoms with Crippen molar-refractivity contribution in [2.75, 3.05) is 24.6 Å². The normalized spacial score (nSPS) is 20.2. The zero-order chi connectivity index (χ0) is 14.6. The van der Waals surface area contributed by atoms with Crippen LogP contribution in [0.1, 0.15) is 39.2 Å². The third-order valence-corrected chi connectivity index (χ3v) is 3.90. The lowest BCUT2D eigenvalue weighted by Gasteiger charge is -2.33. The topological polar surface area (TPSA) is 35.5 Å². The maximum Gasteiger partial charge on any atom is 0.0476 e. The highest BCUT2D eigenvalue weighted by Crippen LogP contribution is 2.23. The minimum Gasteiger partial charge on any atom is -0.396 e. The highest BCUT2D eigenvalue weighted by molar-refractivity contribution is 5.48. The van der Waals surface area contributed by atoms with Crippen molar-refractivity contribution in [3.8, 4) is 0 Å². The molecule has 0 spiro atoms. The van der Waals surface area contributed by atoms with E-state index in [-0.39, 0.29) is 5.54 Å². The van der Waals surface area contributed by atoms with Crippen molar-refractivity contribution in [3.63, 3.8) is 0 Å². The number of benzene rings is 1. The molecule has 1 aromatic rings. The molecule has 1 unspecified atom stereocenters. The minimum atomic E-state index is 0.153. The van der Waals surface area contributed by atoms with E-state index in [1.165, 1.54) is 17.7 Å². The van der Waals surface area contributed by atoms with Crippen LogP contribution in [-0.4, -0.2) is 30.3 Å². The van der Waals surface area contributed by atoms with Crippen molar-refractivity contribution in [3.05, 3.63) is 29.8 Å². The summed E-state index contributed by atoms with van der Waals surface area (Å²) in [4.78, 5) is 2.39. The highest BCUT2D eigenvalue weighted by atomic mass is 16.3. The molecule has 3 heteroatoms. The van der Waals surface area contributed by atoms with Gasteiger partial charge < -0.3 is 15.3 Å². The Morgan fingerprint density at radius 1 is 1.25 bits per heavy atom. The monoisotopic (exact) mass is 276 g/mol. The lowest BCUT2D eigenvalue weighted by molar-refractivity contribution is 0.209. The first-order chi connectivity index (χ1) is 9.48. The first-order valence-electron chi connectivity index (χ1n) is 7.68. The Labute approximate surface area is 123 Å². The van der Waals surface area contributed by atoms with Crippen molar-refractivity contribution in [1.82, 2.24) is 5.32 Å². The summed E-state index contributed by atoms with van der Waals surface area (Å²) in [7, 11) is 0. The lowest BCUT2D eigenvalue weighted by Crippen LogP contribution is -2.37. The quantitative estimate of drug-likeness (QED) is 0.887. The molecule has 1 aromatic carbocycles. The molecule has 3 nitrogen and oxygen atoms in total. The standard InChI is InChI=1S/C17H28N2O/c1-17(2,3)18-11-14-6-8-16(9-7-14)19-10-4-5-15(12-19)13-20/h6-9,15,18,20H,4-5,10-13H2,1-3H3. The van der Waals surface area contributed by atoms with Crippen LogP contribution < -0.4 is 10.2 Å². The van der Waals surface area contributed by atoms with Crippen LogP contribution in [-0.2, 0) is 6.54 Å². The van der Waals surface area contributed by atoms with Gasteiger partial charge in [-0.25, -0.2) is 0 Å². The number of aliphatic hydroxyl groups excluding tert-OH is 1. The minimum absolute atomic E-state index is 0.153. The van der Waals surface area contributed by atoms with Crippen LogP contribution in [0.15, 0.2) is 24.3 Å². The van der Waals surface area contributed by atoms with Gasteiger partial charge in [-0.05, 0) is 57.2 Å². The summed E-state index contributed by atoms with van der Waals surface area (Å²) in [6.07, 6.45) is 2.33. The molecule has 112 valence electrons. The fourth-order valence-corrected chi connectivity index (χ4v) is 2.64. The van der Waals surface area contributed by atoms with Crippen LogP contribution in [0.5, 0.6) is 0 Å². The maximum absolute atomic E-state index is 9.31. The molecule has 0 saturated carbocycles. The smallest absolute Gasteiger partial charge is 0.0476 e. The zero-order valence-electron chi connectivity index (χ0n) is 13.0. The van der Waals surface area contributed by atoms with E-state index in [0.29, 0.717) is 12.5 Å². The maximum atomic E-state index is 9.31. The average molecular weight is 276 g/mol. The summed E-state index contributed by atoms with van der Waals surface area (Å²) in [6, 6.07) is 8.83. The highest BCUT2D eigenvalue weighted by Gasteiger charge is 2.19. The lowest BCUT2D eigenvalue weighted by atomic mass is 9.98. The van der Waals surface area contributed by atoms with E-state index < -0.39 is 0 Å². The molecule has 0 amide bonds. The van der Waals surface area contributed by atoms with Crippen molar-refractivity contribution >= 4 is 5.69 Å². The molecule has 20 heavy (non-hydrogen) atoms. The van der Waals surface area contributed by atoms with Crippen LogP contribution in [0.3, 0.4) is 0 Å². The van der Waals surface area contributed by atoms with Crippen molar-refractivity contribution in [1.29, 1.82) is 0 Å². The van der Waals surface area contributed by atoms with Crippen LogP contribution in [0.25, 0.3) is 0 Å². The molecule has 1 atom stereocenters. The summed E-state index contributed by atoms with van der Waals surface area (Å²) in [5.41, 5.74) is 2.75. The Bertz CT molecular complexity index is 408. The zero-order valence-corrected chi connectivity index (χ0v) is 13.0. The van der Waals surface area contributed by atoms with E-state index in [4.69, 9.17) is 0 Å². The van der Waals surface area contributed by atoms with Crippen LogP contribution >= 0.6 is 0 Å². The molecular weight excluding hydrogens is 248 g/mol. The van der Waals surface area contributed by atoms with Gasteiger partial charge >= 0.3 is 0 Å². The summed E-state index contributed by atoms with van der Waals surface area (Å²) >= 11 is 0. The number of rotatable bonds is 4. The van der Waals surface area contributed by atoms with Gasteiger partial charge in [0.15, 0.2) is 0 Å². The largest absolute Gasteiger partial charge is 0.396 e. The molecule has 1 aliphatic heterocycles. The molecule has 0 radical (unpaired) electrons. The molecule has 1 fully saturated rings. The fraction of sp³-hybridized carbons (Fsp3) is 0.647. The predicted molar refractivity (Wildman–Crippen MR) is 85.1 cm³/mol. The Morgan fingerprint density at radius 3 is 2.55 bits per heavy atom. The number of piperidine rings is 1. The van der Waals surface area contributed by atoms with E-state index in [9.17, 15) is 5.11 Å². The third-order valence-electron chi connectivity index (χ3n) is 3.90. The summed E-state index contributed by atoms with van der Waals surface area (Å²) in [6.45, 7) is 9.86. The molecule has 1 heterocycles. The molecule has 0 aromatic heterocycles. The van der Waals surface area contributed by atoms with E-state index in [2.05, 4.69) is 55.3 Å². The second-order valence-corrected chi connectivity index (χ2v) is 6.91. The van der Waals surface area contributed by atoms with Gasteiger partial charge in [-0.15, -0.1) is 0 Å². The van der Waals surface area contributed by atoms with Gasteiger partial charge in [0.2, 0.25) is 0 Å². The Balaban J connectivity index is 1.94. The molecule has 2 rings (SSSR count). The molecule has 0 aliphatic carbocycles. The molecule has 2 N–H and O–H groups in total.